The summed E-state index contributed by atoms with van der Waals surface area (Å²) >= 11 is 41.1. The van der Waals surface area contributed by atoms with Crippen molar-refractivity contribution in [1.29, 1.82) is 0 Å². The molecule has 10 atom stereocenters. The minimum atomic E-state index is -4.87. The molecule has 0 heterocycles. The molecule has 4 aromatic rings. The molecule has 0 aliphatic heterocycles. The highest BCUT2D eigenvalue weighted by molar-refractivity contribution is 6.43. The Hall–Kier alpha value is -5.51. The molecule has 4 aliphatic carbocycles. The first-order valence-corrected chi connectivity index (χ1v) is 26.7. The molecule has 2 unspecified atom stereocenters. The molecule has 8 rings (SSSR count). The lowest BCUT2D eigenvalue weighted by Gasteiger charge is -2.28. The Morgan fingerprint density at radius 2 is 0.975 bits per heavy atom. The number of alkyl halides is 3. The van der Waals surface area contributed by atoms with Crippen molar-refractivity contribution in [3.05, 3.63) is 130 Å². The quantitative estimate of drug-likeness (QED) is 0.0475. The molecule has 80 heavy (non-hydrogen) atoms. The SMILES string of the molecule is CC(OC(=O)[C@H]1C[C@@H]1C(=O)c1ccc(Cl)c(Cl)c1)[C@]1(C(=O)[O-])C[C@@H]1C(=O)c1ccc(Cl)c(Cl)c1.C[N+](C)(C)CC(CC(=O)O)OC(=O)[C@H]1C[C@@H]1C(=O)c1ccc(Cl)c(Cl)c1.O=C(O)[C@H]1C[C@@H]1C(=O)c1ccc(OC(F)(F)F)c(Cl)c1. The van der Waals surface area contributed by atoms with Gasteiger partial charge in [-0.25, -0.2) is 0 Å². The third kappa shape index (κ3) is 16.1. The maximum absolute atomic E-state index is 12.9. The molecular formula is C54H47Cl7F3NO15. The number of rotatable bonds is 20. The molecule has 428 valence electrons. The third-order valence-electron chi connectivity index (χ3n) is 13.5. The van der Waals surface area contributed by atoms with Gasteiger partial charge < -0.3 is 38.8 Å². The monoisotopic (exact) mass is 1250 g/mol. The van der Waals surface area contributed by atoms with Crippen molar-refractivity contribution >= 4 is 134 Å². The Balaban J connectivity index is 0.000000201. The Bertz CT molecular complexity index is 3170. The van der Waals surface area contributed by atoms with Crippen LogP contribution in [0.4, 0.5) is 13.2 Å². The van der Waals surface area contributed by atoms with Gasteiger partial charge in [-0.05, 0) is 105 Å². The first kappa shape index (κ1) is 63.7. The highest BCUT2D eigenvalue weighted by atomic mass is 35.5. The lowest BCUT2D eigenvalue weighted by Crippen LogP contribution is -2.44. The van der Waals surface area contributed by atoms with E-state index in [1.807, 2.05) is 21.1 Å². The number of esters is 2. The van der Waals surface area contributed by atoms with Gasteiger partial charge in [-0.15, -0.1) is 13.2 Å². The summed E-state index contributed by atoms with van der Waals surface area (Å²) in [6.07, 6.45) is -6.16. The highest BCUT2D eigenvalue weighted by Gasteiger charge is 2.64. The van der Waals surface area contributed by atoms with E-state index >= 15 is 0 Å². The van der Waals surface area contributed by atoms with Crippen LogP contribution in [0.3, 0.4) is 0 Å². The smallest absolute Gasteiger partial charge is 0.549 e. The van der Waals surface area contributed by atoms with Gasteiger partial charge in [0.15, 0.2) is 29.2 Å². The molecule has 0 saturated heterocycles. The van der Waals surface area contributed by atoms with Crippen molar-refractivity contribution in [1.82, 2.24) is 0 Å². The van der Waals surface area contributed by atoms with Gasteiger partial charge in [0.2, 0.25) is 0 Å². The average molecular weight is 1260 g/mol. The van der Waals surface area contributed by atoms with E-state index in [2.05, 4.69) is 4.74 Å². The van der Waals surface area contributed by atoms with Crippen LogP contribution in [0.15, 0.2) is 72.8 Å². The van der Waals surface area contributed by atoms with Crippen molar-refractivity contribution in [3.8, 4) is 5.75 Å². The lowest BCUT2D eigenvalue weighted by molar-refractivity contribution is -0.873. The van der Waals surface area contributed by atoms with Crippen LogP contribution < -0.4 is 9.84 Å². The zero-order valence-corrected chi connectivity index (χ0v) is 47.6. The van der Waals surface area contributed by atoms with Crippen molar-refractivity contribution < 1.29 is 90.3 Å². The number of likely N-dealkylation sites (N-methyl/N-ethyl adjacent to an activating group) is 1. The minimum Gasteiger partial charge on any atom is -0.549 e. The first-order valence-electron chi connectivity index (χ1n) is 24.1. The number of aliphatic carboxylic acids is 3. The molecule has 4 aromatic carbocycles. The van der Waals surface area contributed by atoms with Gasteiger partial charge >= 0.3 is 30.2 Å². The standard InChI is InChI=1S/C24H18Cl4O6.C18H21Cl2NO5.C12H8ClF3O4/c1-10(24(23(32)33)9-15(24)21(30)12-3-5-17(26)19(28)7-12)34-22(31)14-8-13(14)20(29)11-2-4-16(25)18(27)6-11;1-21(2,3)9-11(7-16(22)23)26-18(25)13-8-12(13)17(24)10-4-5-14(19)15(20)6-10;13-8-3-5(1-2-9(8)20-12(14,15)16)10(17)6-4-7(6)11(18)19/h2-7,10,13-15H,8-9H2,1H3,(H,32,33);4-6,11-13H,7-9H2,1-3H3;1-3,6-7H,4H2,(H,18,19)/t10?,13-,14-,15+,24+;11?,12-,13-;6-,7-/m000/s1. The predicted octanol–water partition coefficient (Wildman–Crippen LogP) is 10.7. The number of hydrogen-bond acceptors (Lipinski definition) is 13. The van der Waals surface area contributed by atoms with E-state index in [1.54, 1.807) is 6.07 Å². The highest BCUT2D eigenvalue weighted by Crippen LogP contribution is 2.58. The maximum atomic E-state index is 12.9. The fourth-order valence-corrected chi connectivity index (χ4v) is 10.0. The zero-order chi connectivity index (χ0) is 59.7. The van der Waals surface area contributed by atoms with Crippen LogP contribution in [0.1, 0.15) is 80.5 Å². The van der Waals surface area contributed by atoms with Crippen molar-refractivity contribution in [2.45, 2.75) is 57.6 Å². The van der Waals surface area contributed by atoms with E-state index in [4.69, 9.17) is 101 Å². The normalized spacial score (nSPS) is 22.9. The van der Waals surface area contributed by atoms with Gasteiger partial charge in [0.25, 0.3) is 0 Å². The Morgan fingerprint density at radius 3 is 1.34 bits per heavy atom. The lowest BCUT2D eigenvalue weighted by atomic mass is 9.93. The van der Waals surface area contributed by atoms with Crippen LogP contribution in [-0.2, 0) is 33.4 Å². The summed E-state index contributed by atoms with van der Waals surface area (Å²) < 4.78 is 51.1. The van der Waals surface area contributed by atoms with Crippen LogP contribution >= 0.6 is 81.2 Å². The van der Waals surface area contributed by atoms with Gasteiger partial charge in [0.1, 0.15) is 18.4 Å². The van der Waals surface area contributed by atoms with Crippen LogP contribution in [0.25, 0.3) is 0 Å². The van der Waals surface area contributed by atoms with E-state index < -0.39 is 113 Å². The summed E-state index contributed by atoms with van der Waals surface area (Å²) in [5.41, 5.74) is -0.665. The van der Waals surface area contributed by atoms with Crippen molar-refractivity contribution in [2.24, 2.45) is 46.8 Å². The number of carboxylic acid groups (broad SMARTS) is 3. The van der Waals surface area contributed by atoms with E-state index in [-0.39, 0.29) is 73.5 Å². The Kier molecular flexibility index (Phi) is 20.2. The second-order valence-corrected chi connectivity index (χ2v) is 23.4. The Morgan fingerprint density at radius 1 is 0.588 bits per heavy atom. The van der Waals surface area contributed by atoms with Crippen LogP contribution in [0.5, 0.6) is 5.75 Å². The molecule has 4 aliphatic rings. The molecule has 16 nitrogen and oxygen atoms in total. The molecule has 4 fully saturated rings. The zero-order valence-electron chi connectivity index (χ0n) is 42.3. The number of ketones is 4. The van der Waals surface area contributed by atoms with Crippen molar-refractivity contribution in [2.75, 3.05) is 27.7 Å². The minimum absolute atomic E-state index is 0.0425. The Labute approximate surface area is 489 Å². The van der Waals surface area contributed by atoms with E-state index in [9.17, 15) is 61.4 Å². The molecule has 0 radical (unpaired) electrons. The number of nitrogens with zero attached hydrogens (tertiary/aromatic N) is 1. The maximum Gasteiger partial charge on any atom is 0.573 e. The predicted molar refractivity (Wildman–Crippen MR) is 283 cm³/mol. The van der Waals surface area contributed by atoms with Crippen molar-refractivity contribution in [3.63, 3.8) is 0 Å². The first-order chi connectivity index (χ1) is 37.1. The van der Waals surface area contributed by atoms with Gasteiger partial charge in [0, 0.05) is 45.9 Å². The molecular weight excluding hydrogens is 1210 g/mol. The van der Waals surface area contributed by atoms with Gasteiger partial charge in [-0.1, -0.05) is 81.2 Å². The fraction of sp³-hybridized carbons (Fsp3) is 0.389. The number of benzene rings is 4. The molecule has 0 bridgehead atoms. The number of halogens is 10. The molecule has 0 amide bonds. The summed E-state index contributed by atoms with van der Waals surface area (Å²) in [5, 5.41) is 31.0. The molecule has 0 spiro atoms. The number of carbonyl (C=O) groups excluding carboxylic acids is 7. The topological polar surface area (TPSA) is 245 Å². The van der Waals surface area contributed by atoms with E-state index in [1.165, 1.54) is 55.5 Å². The van der Waals surface area contributed by atoms with Crippen LogP contribution in [0, 0.1) is 46.8 Å². The molecule has 0 aromatic heterocycles. The number of quaternary nitrogens is 1. The number of hydrogen-bond donors (Lipinski definition) is 2. The van der Waals surface area contributed by atoms with Gasteiger partial charge in [-0.2, -0.15) is 0 Å². The number of Topliss-reactive ketones (excluding diaryl/α,β-unsaturated/α-hetero) is 4. The summed E-state index contributed by atoms with van der Waals surface area (Å²) in [6, 6.07) is 16.4. The molecule has 4 saturated carbocycles. The number of ether oxygens (including phenoxy) is 3. The summed E-state index contributed by atoms with van der Waals surface area (Å²) in [4.78, 5) is 109. The average Bonchev–Trinajstić information content (AvgIpc) is 4.16. The van der Waals surface area contributed by atoms with Crippen LogP contribution in [-0.4, -0.2) is 114 Å². The van der Waals surface area contributed by atoms with E-state index in [0.29, 0.717) is 38.6 Å². The van der Waals surface area contributed by atoms with Gasteiger partial charge in [-0.3, -0.25) is 38.4 Å². The summed E-state index contributed by atoms with van der Waals surface area (Å²) in [6.45, 7) is 1.78. The second kappa shape index (κ2) is 25.3. The molecule has 2 N–H and O–H groups in total. The van der Waals surface area contributed by atoms with Crippen LogP contribution in [0.2, 0.25) is 35.2 Å². The third-order valence-corrected chi connectivity index (χ3v) is 16.0. The second-order valence-electron chi connectivity index (χ2n) is 20.5. The fourth-order valence-electron chi connectivity index (χ4n) is 8.92. The summed E-state index contributed by atoms with van der Waals surface area (Å²) in [5.74, 6) is -11.4. The van der Waals surface area contributed by atoms with Gasteiger partial charge in [0.05, 0.1) is 91.9 Å². The largest absolute Gasteiger partial charge is 0.573 e. The number of carbonyl (C=O) groups is 9. The molecule has 26 heteroatoms. The summed E-state index contributed by atoms with van der Waals surface area (Å²) in [7, 11) is 5.66. The van der Waals surface area contributed by atoms with E-state index in [0.717, 1.165) is 18.2 Å². The number of carboxylic acids is 3.